The molecular weight excluding hydrogens is 266 g/mol. The van der Waals surface area contributed by atoms with Gasteiger partial charge in [-0.3, -0.25) is 9.48 Å². The van der Waals surface area contributed by atoms with Crippen LogP contribution in [0.1, 0.15) is 30.3 Å². The lowest BCUT2D eigenvalue weighted by molar-refractivity contribution is -0.149. The molecule has 2 aromatic rings. The van der Waals surface area contributed by atoms with E-state index < -0.39 is 11.4 Å². The number of aliphatic carboxylic acids is 1. The fraction of sp³-hybridized carbons (Fsp3) is 0.438. The Balaban J connectivity index is 1.94. The third-order valence-electron chi connectivity index (χ3n) is 4.47. The summed E-state index contributed by atoms with van der Waals surface area (Å²) in [6.07, 6.45) is 3.96. The summed E-state index contributed by atoms with van der Waals surface area (Å²) in [5.74, 6) is 0.0296. The lowest BCUT2D eigenvalue weighted by atomic mass is 9.69. The monoisotopic (exact) mass is 285 g/mol. The number of aromatic nitrogens is 3. The van der Waals surface area contributed by atoms with Crippen LogP contribution in [-0.2, 0) is 30.6 Å². The second-order valence-electron chi connectivity index (χ2n) is 5.70. The van der Waals surface area contributed by atoms with Crippen LogP contribution >= 0.6 is 0 Å². The first kappa shape index (κ1) is 13.8. The van der Waals surface area contributed by atoms with E-state index >= 15 is 0 Å². The topological polar surface area (TPSA) is 68.0 Å². The number of carbonyl (C=O) groups is 1. The zero-order valence-corrected chi connectivity index (χ0v) is 12.1. The predicted octanol–water partition coefficient (Wildman–Crippen LogP) is 2.10. The first-order valence-corrected chi connectivity index (χ1v) is 7.31. The molecule has 0 bridgehead atoms. The summed E-state index contributed by atoms with van der Waals surface area (Å²) in [7, 11) is 0. The smallest absolute Gasteiger partial charge is 0.310 e. The van der Waals surface area contributed by atoms with Crippen LogP contribution in [0.2, 0.25) is 0 Å². The molecule has 0 spiro atoms. The van der Waals surface area contributed by atoms with Gasteiger partial charge in [0, 0.05) is 13.0 Å². The molecule has 1 aromatic heterocycles. The maximum absolute atomic E-state index is 12.0. The third-order valence-corrected chi connectivity index (χ3v) is 4.47. The molecule has 5 nitrogen and oxygen atoms in total. The number of benzene rings is 1. The molecule has 1 N–H and O–H groups in total. The average Bonchev–Trinajstić information content (AvgIpc) is 2.94. The number of carboxylic acid groups (broad SMARTS) is 1. The van der Waals surface area contributed by atoms with Crippen molar-refractivity contribution in [1.29, 1.82) is 0 Å². The van der Waals surface area contributed by atoms with Crippen molar-refractivity contribution in [2.45, 2.75) is 39.2 Å². The summed E-state index contributed by atoms with van der Waals surface area (Å²) >= 11 is 0. The minimum atomic E-state index is -0.770. The van der Waals surface area contributed by atoms with Crippen molar-refractivity contribution >= 4 is 5.97 Å². The number of rotatable bonds is 4. The summed E-state index contributed by atoms with van der Waals surface area (Å²) in [5, 5.41) is 14.0. The van der Waals surface area contributed by atoms with E-state index in [1.54, 1.807) is 4.68 Å². The van der Waals surface area contributed by atoms with E-state index in [0.29, 0.717) is 25.8 Å². The highest BCUT2D eigenvalue weighted by molar-refractivity contribution is 5.76. The van der Waals surface area contributed by atoms with Crippen molar-refractivity contribution in [3.8, 4) is 0 Å². The van der Waals surface area contributed by atoms with Crippen molar-refractivity contribution in [2.75, 3.05) is 0 Å². The lowest BCUT2D eigenvalue weighted by Crippen LogP contribution is -2.39. The fourth-order valence-corrected chi connectivity index (χ4v) is 3.20. The lowest BCUT2D eigenvalue weighted by Gasteiger charge is -2.34. The van der Waals surface area contributed by atoms with Gasteiger partial charge in [0.1, 0.15) is 12.2 Å². The highest BCUT2D eigenvalue weighted by Gasteiger charge is 2.42. The minimum absolute atomic E-state index is 0.435. The SMILES string of the molecule is CCn1ncnc1CC1(C(=O)O)CCc2ccccc2C1. The number of nitrogens with zero attached hydrogens (tertiary/aromatic N) is 3. The maximum Gasteiger partial charge on any atom is 0.310 e. The Labute approximate surface area is 123 Å². The molecule has 0 radical (unpaired) electrons. The van der Waals surface area contributed by atoms with Crippen molar-refractivity contribution in [1.82, 2.24) is 14.8 Å². The average molecular weight is 285 g/mol. The van der Waals surface area contributed by atoms with E-state index in [-0.39, 0.29) is 0 Å². The van der Waals surface area contributed by atoms with Gasteiger partial charge in [0.15, 0.2) is 0 Å². The summed E-state index contributed by atoms with van der Waals surface area (Å²) < 4.78 is 1.78. The van der Waals surface area contributed by atoms with Crippen LogP contribution in [0.3, 0.4) is 0 Å². The van der Waals surface area contributed by atoms with Gasteiger partial charge in [0.25, 0.3) is 0 Å². The first-order valence-electron chi connectivity index (χ1n) is 7.31. The summed E-state index contributed by atoms with van der Waals surface area (Å²) in [6, 6.07) is 8.12. The van der Waals surface area contributed by atoms with Crippen LogP contribution in [0.4, 0.5) is 0 Å². The van der Waals surface area contributed by atoms with Crippen LogP contribution in [0, 0.1) is 5.41 Å². The highest BCUT2D eigenvalue weighted by Crippen LogP contribution is 2.38. The minimum Gasteiger partial charge on any atom is -0.481 e. The van der Waals surface area contributed by atoms with Gasteiger partial charge in [0.2, 0.25) is 0 Å². The summed E-state index contributed by atoms with van der Waals surface area (Å²) in [6.45, 7) is 2.70. The van der Waals surface area contributed by atoms with Gasteiger partial charge in [-0.2, -0.15) is 5.10 Å². The van der Waals surface area contributed by atoms with Crippen molar-refractivity contribution in [3.05, 3.63) is 47.5 Å². The van der Waals surface area contributed by atoms with Gasteiger partial charge >= 0.3 is 5.97 Å². The van der Waals surface area contributed by atoms with E-state index in [1.807, 2.05) is 25.1 Å². The zero-order chi connectivity index (χ0) is 14.9. The van der Waals surface area contributed by atoms with Crippen LogP contribution in [0.25, 0.3) is 0 Å². The van der Waals surface area contributed by atoms with Gasteiger partial charge in [-0.25, -0.2) is 4.98 Å². The molecule has 0 amide bonds. The molecule has 1 unspecified atom stereocenters. The molecule has 1 aliphatic rings. The fourth-order valence-electron chi connectivity index (χ4n) is 3.20. The van der Waals surface area contributed by atoms with Crippen molar-refractivity contribution in [3.63, 3.8) is 0 Å². The molecule has 0 saturated heterocycles. The largest absolute Gasteiger partial charge is 0.481 e. The number of hydrogen-bond acceptors (Lipinski definition) is 3. The highest BCUT2D eigenvalue weighted by atomic mass is 16.4. The number of hydrogen-bond donors (Lipinski definition) is 1. The molecular formula is C16H19N3O2. The molecule has 1 atom stereocenters. The second kappa shape index (κ2) is 5.31. The normalized spacial score (nSPS) is 21.0. The quantitative estimate of drug-likeness (QED) is 0.934. The predicted molar refractivity (Wildman–Crippen MR) is 77.9 cm³/mol. The summed E-state index contributed by atoms with van der Waals surface area (Å²) in [4.78, 5) is 16.2. The standard InChI is InChI=1S/C16H19N3O2/c1-2-19-14(17-11-18-19)10-16(15(20)21)8-7-12-5-3-4-6-13(12)9-16/h3-6,11H,2,7-10H2,1H3,(H,20,21). The van der Waals surface area contributed by atoms with Crippen LogP contribution in [0.5, 0.6) is 0 Å². The Morgan fingerprint density at radius 3 is 2.86 bits per heavy atom. The molecule has 1 aromatic carbocycles. The molecule has 0 aliphatic heterocycles. The number of carboxylic acids is 1. The van der Waals surface area contributed by atoms with Crippen LogP contribution in [0.15, 0.2) is 30.6 Å². The van der Waals surface area contributed by atoms with E-state index in [2.05, 4.69) is 16.1 Å². The molecule has 0 saturated carbocycles. The van der Waals surface area contributed by atoms with Gasteiger partial charge in [-0.1, -0.05) is 24.3 Å². The van der Waals surface area contributed by atoms with E-state index in [0.717, 1.165) is 17.8 Å². The molecule has 1 aliphatic carbocycles. The van der Waals surface area contributed by atoms with Crippen LogP contribution in [-0.4, -0.2) is 25.8 Å². The Kier molecular flexibility index (Phi) is 3.49. The van der Waals surface area contributed by atoms with Crippen molar-refractivity contribution in [2.24, 2.45) is 5.41 Å². The first-order chi connectivity index (χ1) is 10.1. The van der Waals surface area contributed by atoms with E-state index in [1.165, 1.54) is 11.9 Å². The molecule has 3 rings (SSSR count). The zero-order valence-electron chi connectivity index (χ0n) is 12.1. The van der Waals surface area contributed by atoms with Crippen molar-refractivity contribution < 1.29 is 9.90 Å². The molecule has 1 heterocycles. The molecule has 5 heteroatoms. The van der Waals surface area contributed by atoms with Gasteiger partial charge in [-0.15, -0.1) is 0 Å². The second-order valence-corrected chi connectivity index (χ2v) is 5.70. The molecule has 110 valence electrons. The summed E-state index contributed by atoms with van der Waals surface area (Å²) in [5.41, 5.74) is 1.65. The van der Waals surface area contributed by atoms with E-state index in [4.69, 9.17) is 0 Å². The Hall–Kier alpha value is -2.17. The number of aryl methyl sites for hydroxylation is 2. The Morgan fingerprint density at radius 1 is 1.38 bits per heavy atom. The Morgan fingerprint density at radius 2 is 2.14 bits per heavy atom. The molecule has 0 fully saturated rings. The number of fused-ring (bicyclic) bond motifs is 1. The van der Waals surface area contributed by atoms with Crippen LogP contribution < -0.4 is 0 Å². The third kappa shape index (κ3) is 2.44. The van der Waals surface area contributed by atoms with Gasteiger partial charge in [0.05, 0.1) is 5.41 Å². The molecule has 21 heavy (non-hydrogen) atoms. The van der Waals surface area contributed by atoms with Gasteiger partial charge < -0.3 is 5.11 Å². The van der Waals surface area contributed by atoms with E-state index in [9.17, 15) is 9.90 Å². The Bertz CT molecular complexity index is 665. The van der Waals surface area contributed by atoms with Gasteiger partial charge in [-0.05, 0) is 37.3 Å². The maximum atomic E-state index is 12.0.